The molecule has 0 bridgehead atoms. The van der Waals surface area contributed by atoms with Gasteiger partial charge in [0.1, 0.15) is 17.6 Å². The molecule has 0 spiro atoms. The Morgan fingerprint density at radius 1 is 1.25 bits per heavy atom. The van der Waals surface area contributed by atoms with Gasteiger partial charge in [-0.15, -0.1) is 0 Å². The van der Waals surface area contributed by atoms with Crippen molar-refractivity contribution in [2.45, 2.75) is 19.6 Å². The smallest absolute Gasteiger partial charge is 0.321 e. The van der Waals surface area contributed by atoms with Crippen LogP contribution in [0.3, 0.4) is 0 Å². The summed E-state index contributed by atoms with van der Waals surface area (Å²) in [6.07, 6.45) is 1.47. The number of nitrogens with zero attached hydrogens (tertiary/aromatic N) is 2. The van der Waals surface area contributed by atoms with Gasteiger partial charge < -0.3 is 19.4 Å². The molecule has 2 aromatic rings. The lowest BCUT2D eigenvalue weighted by Gasteiger charge is -2.37. The maximum absolute atomic E-state index is 12.1. The van der Waals surface area contributed by atoms with E-state index < -0.39 is 6.03 Å². The average Bonchev–Trinajstić information content (AvgIpc) is 3.19. The van der Waals surface area contributed by atoms with Crippen LogP contribution in [-0.4, -0.2) is 56.2 Å². The average molecular weight is 386 g/mol. The predicted octanol–water partition coefficient (Wildman–Crippen LogP) is 1.82. The number of rotatable bonds is 7. The SMILES string of the molecule is CCN1CC(CN(C)CC(=O)NC(=O)NCc2ccco2)Oc2ccccc21. The zero-order chi connectivity index (χ0) is 19.9. The van der Waals surface area contributed by atoms with Gasteiger partial charge in [-0.05, 0) is 38.2 Å². The van der Waals surface area contributed by atoms with Crippen molar-refractivity contribution >= 4 is 17.6 Å². The molecular weight excluding hydrogens is 360 g/mol. The number of hydrogen-bond acceptors (Lipinski definition) is 6. The van der Waals surface area contributed by atoms with Crippen molar-refractivity contribution < 1.29 is 18.7 Å². The second-order valence-corrected chi connectivity index (χ2v) is 6.75. The Bertz CT molecular complexity index is 793. The van der Waals surface area contributed by atoms with Crippen LogP contribution < -0.4 is 20.3 Å². The van der Waals surface area contributed by atoms with E-state index in [0.29, 0.717) is 12.3 Å². The molecule has 1 atom stereocenters. The Hall–Kier alpha value is -3.00. The van der Waals surface area contributed by atoms with Crippen molar-refractivity contribution in [3.63, 3.8) is 0 Å². The van der Waals surface area contributed by atoms with Crippen LogP contribution in [0.2, 0.25) is 0 Å². The summed E-state index contributed by atoms with van der Waals surface area (Å²) in [6, 6.07) is 10.9. The Morgan fingerprint density at radius 2 is 2.07 bits per heavy atom. The summed E-state index contributed by atoms with van der Waals surface area (Å²) in [5.41, 5.74) is 1.09. The Morgan fingerprint density at radius 3 is 2.82 bits per heavy atom. The van der Waals surface area contributed by atoms with Gasteiger partial charge in [0, 0.05) is 13.1 Å². The molecule has 1 aliphatic rings. The third-order valence-corrected chi connectivity index (χ3v) is 4.49. The molecule has 2 heterocycles. The summed E-state index contributed by atoms with van der Waals surface area (Å²) in [7, 11) is 1.83. The zero-order valence-electron chi connectivity index (χ0n) is 16.2. The molecule has 1 unspecified atom stereocenters. The number of hydrogen-bond donors (Lipinski definition) is 2. The lowest BCUT2D eigenvalue weighted by Crippen LogP contribution is -2.48. The van der Waals surface area contributed by atoms with Crippen molar-refractivity contribution in [1.29, 1.82) is 0 Å². The van der Waals surface area contributed by atoms with E-state index in [4.69, 9.17) is 9.15 Å². The van der Waals surface area contributed by atoms with Crippen LogP contribution in [0.1, 0.15) is 12.7 Å². The number of urea groups is 1. The van der Waals surface area contributed by atoms with Gasteiger partial charge >= 0.3 is 6.03 Å². The topological polar surface area (TPSA) is 87.0 Å². The molecule has 8 heteroatoms. The van der Waals surface area contributed by atoms with Crippen LogP contribution in [0.25, 0.3) is 0 Å². The summed E-state index contributed by atoms with van der Waals surface area (Å²) >= 11 is 0. The van der Waals surface area contributed by atoms with Gasteiger partial charge in [-0.2, -0.15) is 0 Å². The number of carbonyl (C=O) groups excluding carboxylic acids is 2. The number of furan rings is 1. The largest absolute Gasteiger partial charge is 0.485 e. The number of imide groups is 1. The molecule has 1 aromatic carbocycles. The molecule has 0 saturated carbocycles. The summed E-state index contributed by atoms with van der Waals surface area (Å²) in [5, 5.41) is 4.90. The minimum Gasteiger partial charge on any atom is -0.485 e. The number of para-hydroxylation sites is 2. The fourth-order valence-electron chi connectivity index (χ4n) is 3.22. The van der Waals surface area contributed by atoms with Crippen LogP contribution in [0.4, 0.5) is 10.5 Å². The number of anilines is 1. The normalized spacial score (nSPS) is 15.7. The third kappa shape index (κ3) is 5.26. The van der Waals surface area contributed by atoms with Crippen LogP contribution in [0.15, 0.2) is 47.1 Å². The highest BCUT2D eigenvalue weighted by molar-refractivity contribution is 5.95. The maximum Gasteiger partial charge on any atom is 0.321 e. The van der Waals surface area contributed by atoms with Crippen molar-refractivity contribution in [2.24, 2.45) is 0 Å². The first-order valence-corrected chi connectivity index (χ1v) is 9.34. The molecular formula is C20H26N4O4. The molecule has 3 rings (SSSR count). The van der Waals surface area contributed by atoms with E-state index in [-0.39, 0.29) is 25.1 Å². The highest BCUT2D eigenvalue weighted by atomic mass is 16.5. The van der Waals surface area contributed by atoms with E-state index in [0.717, 1.165) is 24.5 Å². The van der Waals surface area contributed by atoms with E-state index in [1.165, 1.54) is 6.26 Å². The van der Waals surface area contributed by atoms with Crippen molar-refractivity contribution in [3.05, 3.63) is 48.4 Å². The fourth-order valence-corrected chi connectivity index (χ4v) is 3.22. The molecule has 150 valence electrons. The first-order valence-electron chi connectivity index (χ1n) is 9.34. The first kappa shape index (κ1) is 19.8. The number of nitrogens with one attached hydrogen (secondary N) is 2. The van der Waals surface area contributed by atoms with Crippen molar-refractivity contribution in [2.75, 3.05) is 38.1 Å². The first-order chi connectivity index (χ1) is 13.5. The Labute approximate surface area is 164 Å². The minimum atomic E-state index is -0.546. The van der Waals surface area contributed by atoms with E-state index in [1.807, 2.05) is 36.2 Å². The quantitative estimate of drug-likeness (QED) is 0.755. The molecule has 3 amide bonds. The predicted molar refractivity (Wildman–Crippen MR) is 105 cm³/mol. The second-order valence-electron chi connectivity index (χ2n) is 6.75. The van der Waals surface area contributed by atoms with Crippen LogP contribution in [-0.2, 0) is 11.3 Å². The molecule has 0 radical (unpaired) electrons. The Balaban J connectivity index is 1.44. The van der Waals surface area contributed by atoms with Gasteiger partial charge in [-0.3, -0.25) is 15.0 Å². The summed E-state index contributed by atoms with van der Waals surface area (Å²) in [5.74, 6) is 1.11. The van der Waals surface area contributed by atoms with E-state index >= 15 is 0 Å². The number of benzene rings is 1. The van der Waals surface area contributed by atoms with Gasteiger partial charge in [-0.25, -0.2) is 4.79 Å². The summed E-state index contributed by atoms with van der Waals surface area (Å²) in [6.45, 7) is 4.65. The van der Waals surface area contributed by atoms with E-state index in [2.05, 4.69) is 22.5 Å². The van der Waals surface area contributed by atoms with Crippen molar-refractivity contribution in [3.8, 4) is 5.75 Å². The minimum absolute atomic E-state index is 0.0552. The highest BCUT2D eigenvalue weighted by Gasteiger charge is 2.26. The number of likely N-dealkylation sites (N-methyl/N-ethyl adjacent to an activating group) is 2. The number of amides is 3. The third-order valence-electron chi connectivity index (χ3n) is 4.49. The second kappa shape index (κ2) is 9.27. The standard InChI is InChI=1S/C20H26N4O4/c1-3-24-13-16(28-18-9-5-4-8-17(18)24)12-23(2)14-19(25)22-20(26)21-11-15-7-6-10-27-15/h4-10,16H,3,11-14H2,1-2H3,(H2,21,22,25,26). The van der Waals surface area contributed by atoms with Crippen molar-refractivity contribution in [1.82, 2.24) is 15.5 Å². The maximum atomic E-state index is 12.1. The lowest BCUT2D eigenvalue weighted by atomic mass is 10.2. The molecule has 1 aliphatic heterocycles. The number of carbonyl (C=O) groups is 2. The Kier molecular flexibility index (Phi) is 6.54. The van der Waals surface area contributed by atoms with Gasteiger partial charge in [0.05, 0.1) is 31.6 Å². The van der Waals surface area contributed by atoms with Gasteiger partial charge in [0.2, 0.25) is 5.91 Å². The van der Waals surface area contributed by atoms with Crippen LogP contribution >= 0.6 is 0 Å². The summed E-state index contributed by atoms with van der Waals surface area (Å²) < 4.78 is 11.2. The molecule has 0 aliphatic carbocycles. The number of fused-ring (bicyclic) bond motifs is 1. The molecule has 28 heavy (non-hydrogen) atoms. The molecule has 0 fully saturated rings. The fraction of sp³-hybridized carbons (Fsp3) is 0.400. The number of ether oxygens (including phenoxy) is 1. The monoisotopic (exact) mass is 386 g/mol. The molecule has 2 N–H and O–H groups in total. The van der Waals surface area contributed by atoms with E-state index in [1.54, 1.807) is 12.1 Å². The lowest BCUT2D eigenvalue weighted by molar-refractivity contribution is -0.121. The molecule has 8 nitrogen and oxygen atoms in total. The summed E-state index contributed by atoms with van der Waals surface area (Å²) in [4.78, 5) is 28.0. The zero-order valence-corrected chi connectivity index (χ0v) is 16.2. The van der Waals surface area contributed by atoms with E-state index in [9.17, 15) is 9.59 Å². The highest BCUT2D eigenvalue weighted by Crippen LogP contribution is 2.32. The van der Waals surface area contributed by atoms with Gasteiger partial charge in [0.15, 0.2) is 0 Å². The molecule has 0 saturated heterocycles. The van der Waals surface area contributed by atoms with Gasteiger partial charge in [0.25, 0.3) is 0 Å². The van der Waals surface area contributed by atoms with Gasteiger partial charge in [-0.1, -0.05) is 12.1 Å². The van der Waals surface area contributed by atoms with Crippen LogP contribution in [0.5, 0.6) is 5.75 Å². The molecule has 1 aromatic heterocycles. The van der Waals surface area contributed by atoms with Crippen LogP contribution in [0, 0.1) is 0 Å².